The zero-order valence-electron chi connectivity index (χ0n) is 10.8. The van der Waals surface area contributed by atoms with E-state index < -0.39 is 0 Å². The fraction of sp³-hybridized carbons (Fsp3) is 0.200. The lowest BCUT2D eigenvalue weighted by Crippen LogP contribution is -1.98. The molecule has 0 radical (unpaired) electrons. The number of pyridine rings is 1. The summed E-state index contributed by atoms with van der Waals surface area (Å²) in [6, 6.07) is 9.91. The number of nitrogens with one attached hydrogen (secondary N) is 1. The number of anilines is 2. The van der Waals surface area contributed by atoms with E-state index in [1.54, 1.807) is 12.3 Å². The molecule has 3 nitrogen and oxygen atoms in total. The van der Waals surface area contributed by atoms with Crippen molar-refractivity contribution in [3.8, 4) is 6.07 Å². The summed E-state index contributed by atoms with van der Waals surface area (Å²) < 4.78 is 0. The summed E-state index contributed by atoms with van der Waals surface area (Å²) in [5, 5.41) is 12.0. The van der Waals surface area contributed by atoms with Crippen LogP contribution in [0.5, 0.6) is 0 Å². The molecule has 0 aliphatic carbocycles. The van der Waals surface area contributed by atoms with Crippen LogP contribution in [0.25, 0.3) is 0 Å². The Morgan fingerprint density at radius 2 is 1.78 bits per heavy atom. The first-order chi connectivity index (χ1) is 8.60. The Balaban J connectivity index is 2.31. The van der Waals surface area contributed by atoms with Gasteiger partial charge in [-0.1, -0.05) is 17.7 Å². The standard InChI is InChI=1S/C15H15N3/c1-10-6-11(2)15(12(3)7-10)18-14-5-4-13(8-16)9-17-14/h4-7,9H,1-3H3,(H,17,18). The average Bonchev–Trinajstić information content (AvgIpc) is 2.34. The number of nitrogens with zero attached hydrogens (tertiary/aromatic N) is 2. The number of benzene rings is 1. The molecule has 1 aromatic carbocycles. The summed E-state index contributed by atoms with van der Waals surface area (Å²) in [6.45, 7) is 6.24. The molecule has 0 amide bonds. The molecule has 0 saturated carbocycles. The molecule has 18 heavy (non-hydrogen) atoms. The normalized spacial score (nSPS) is 9.89. The van der Waals surface area contributed by atoms with Crippen LogP contribution in [0.15, 0.2) is 30.5 Å². The molecule has 0 bridgehead atoms. The molecule has 0 aliphatic heterocycles. The van der Waals surface area contributed by atoms with Crippen LogP contribution in [-0.4, -0.2) is 4.98 Å². The van der Waals surface area contributed by atoms with Gasteiger partial charge in [0.1, 0.15) is 11.9 Å². The minimum absolute atomic E-state index is 0.568. The summed E-state index contributed by atoms with van der Waals surface area (Å²) >= 11 is 0. The van der Waals surface area contributed by atoms with E-state index in [1.165, 1.54) is 16.7 Å². The third-order valence-corrected chi connectivity index (χ3v) is 2.82. The highest BCUT2D eigenvalue weighted by Gasteiger charge is 2.04. The van der Waals surface area contributed by atoms with E-state index >= 15 is 0 Å². The number of rotatable bonds is 2. The van der Waals surface area contributed by atoms with Crippen molar-refractivity contribution in [3.05, 3.63) is 52.7 Å². The maximum Gasteiger partial charge on any atom is 0.130 e. The van der Waals surface area contributed by atoms with Crippen molar-refractivity contribution in [3.63, 3.8) is 0 Å². The van der Waals surface area contributed by atoms with Crippen molar-refractivity contribution >= 4 is 11.5 Å². The Kier molecular flexibility index (Phi) is 3.29. The quantitative estimate of drug-likeness (QED) is 0.867. The predicted molar refractivity (Wildman–Crippen MR) is 72.9 cm³/mol. The molecular weight excluding hydrogens is 222 g/mol. The van der Waals surface area contributed by atoms with Gasteiger partial charge in [0, 0.05) is 11.9 Å². The van der Waals surface area contributed by atoms with Crippen molar-refractivity contribution in [1.29, 1.82) is 5.26 Å². The summed E-state index contributed by atoms with van der Waals surface area (Å²) in [6.07, 6.45) is 1.57. The maximum absolute atomic E-state index is 8.73. The first-order valence-corrected chi connectivity index (χ1v) is 5.81. The summed E-state index contributed by atoms with van der Waals surface area (Å²) in [5.74, 6) is 0.754. The van der Waals surface area contributed by atoms with Crippen molar-refractivity contribution in [1.82, 2.24) is 4.98 Å². The van der Waals surface area contributed by atoms with Gasteiger partial charge in [0.25, 0.3) is 0 Å². The van der Waals surface area contributed by atoms with Gasteiger partial charge in [-0.25, -0.2) is 4.98 Å². The second-order valence-corrected chi connectivity index (χ2v) is 4.44. The van der Waals surface area contributed by atoms with Gasteiger partial charge in [0.05, 0.1) is 5.56 Å². The molecule has 1 heterocycles. The number of nitriles is 1. The fourth-order valence-electron chi connectivity index (χ4n) is 2.04. The van der Waals surface area contributed by atoms with Crippen LogP contribution >= 0.6 is 0 Å². The van der Waals surface area contributed by atoms with Gasteiger partial charge < -0.3 is 5.32 Å². The van der Waals surface area contributed by atoms with Crippen molar-refractivity contribution in [2.24, 2.45) is 0 Å². The van der Waals surface area contributed by atoms with Crippen LogP contribution in [0.2, 0.25) is 0 Å². The highest BCUT2D eigenvalue weighted by molar-refractivity contribution is 5.65. The molecule has 0 saturated heterocycles. The van der Waals surface area contributed by atoms with Crippen molar-refractivity contribution < 1.29 is 0 Å². The van der Waals surface area contributed by atoms with E-state index in [9.17, 15) is 0 Å². The molecule has 1 N–H and O–H groups in total. The smallest absolute Gasteiger partial charge is 0.130 e. The second kappa shape index (κ2) is 4.89. The molecular formula is C15H15N3. The van der Waals surface area contributed by atoms with Crippen LogP contribution in [-0.2, 0) is 0 Å². The van der Waals surface area contributed by atoms with Gasteiger partial charge >= 0.3 is 0 Å². The summed E-state index contributed by atoms with van der Waals surface area (Å²) in [4.78, 5) is 4.22. The topological polar surface area (TPSA) is 48.7 Å². The lowest BCUT2D eigenvalue weighted by molar-refractivity contribution is 1.25. The van der Waals surface area contributed by atoms with Gasteiger partial charge in [-0.05, 0) is 44.0 Å². The highest BCUT2D eigenvalue weighted by Crippen LogP contribution is 2.24. The largest absolute Gasteiger partial charge is 0.340 e. The lowest BCUT2D eigenvalue weighted by Gasteiger charge is -2.13. The van der Waals surface area contributed by atoms with Gasteiger partial charge in [0.15, 0.2) is 0 Å². The van der Waals surface area contributed by atoms with E-state index in [4.69, 9.17) is 5.26 Å². The Morgan fingerprint density at radius 1 is 1.11 bits per heavy atom. The van der Waals surface area contributed by atoms with Crippen LogP contribution in [0.1, 0.15) is 22.3 Å². The minimum Gasteiger partial charge on any atom is -0.340 e. The first kappa shape index (κ1) is 12.1. The summed E-state index contributed by atoms with van der Waals surface area (Å²) in [7, 11) is 0. The number of hydrogen-bond acceptors (Lipinski definition) is 3. The third-order valence-electron chi connectivity index (χ3n) is 2.82. The molecule has 2 rings (SSSR count). The van der Waals surface area contributed by atoms with Crippen LogP contribution in [0, 0.1) is 32.1 Å². The molecule has 2 aromatic rings. The molecule has 3 heteroatoms. The Hall–Kier alpha value is -2.34. The number of aryl methyl sites for hydroxylation is 3. The highest BCUT2D eigenvalue weighted by atomic mass is 15.0. The van der Waals surface area contributed by atoms with Gasteiger partial charge in [-0.15, -0.1) is 0 Å². The van der Waals surface area contributed by atoms with Crippen LogP contribution < -0.4 is 5.32 Å². The number of aromatic nitrogens is 1. The molecule has 0 unspecified atom stereocenters. The average molecular weight is 237 g/mol. The molecule has 0 fully saturated rings. The van der Waals surface area contributed by atoms with Gasteiger partial charge in [-0.2, -0.15) is 5.26 Å². The fourth-order valence-corrected chi connectivity index (χ4v) is 2.04. The molecule has 90 valence electrons. The monoisotopic (exact) mass is 237 g/mol. The van der Waals surface area contributed by atoms with Gasteiger partial charge in [-0.3, -0.25) is 0 Å². The second-order valence-electron chi connectivity index (χ2n) is 4.44. The van der Waals surface area contributed by atoms with E-state index in [0.29, 0.717) is 5.56 Å². The Labute approximate surface area is 107 Å². The lowest BCUT2D eigenvalue weighted by atomic mass is 10.1. The van der Waals surface area contributed by atoms with Crippen molar-refractivity contribution in [2.45, 2.75) is 20.8 Å². The molecule has 1 aromatic heterocycles. The SMILES string of the molecule is Cc1cc(C)c(Nc2ccc(C#N)cn2)c(C)c1. The van der Waals surface area contributed by atoms with Crippen LogP contribution in [0.4, 0.5) is 11.5 Å². The van der Waals surface area contributed by atoms with E-state index in [-0.39, 0.29) is 0 Å². The first-order valence-electron chi connectivity index (χ1n) is 5.81. The predicted octanol–water partition coefficient (Wildman–Crippen LogP) is 3.62. The van der Waals surface area contributed by atoms with E-state index in [0.717, 1.165) is 11.5 Å². The summed E-state index contributed by atoms with van der Waals surface area (Å²) in [5.41, 5.74) is 5.29. The minimum atomic E-state index is 0.568. The Morgan fingerprint density at radius 3 is 2.28 bits per heavy atom. The molecule has 0 atom stereocenters. The third kappa shape index (κ3) is 2.49. The van der Waals surface area contributed by atoms with Crippen LogP contribution in [0.3, 0.4) is 0 Å². The van der Waals surface area contributed by atoms with Gasteiger partial charge in [0.2, 0.25) is 0 Å². The Bertz CT molecular complexity index is 584. The van der Waals surface area contributed by atoms with E-state index in [1.807, 2.05) is 6.07 Å². The van der Waals surface area contributed by atoms with Crippen molar-refractivity contribution in [2.75, 3.05) is 5.32 Å². The van der Waals surface area contributed by atoms with E-state index in [2.05, 4.69) is 49.3 Å². The zero-order valence-corrected chi connectivity index (χ0v) is 10.8. The molecule has 0 spiro atoms. The number of hydrogen-bond donors (Lipinski definition) is 1. The maximum atomic E-state index is 8.73. The molecule has 0 aliphatic rings. The zero-order chi connectivity index (χ0) is 13.1.